The van der Waals surface area contributed by atoms with Gasteiger partial charge in [-0.05, 0) is 45.8 Å². The number of carboxylic acid groups (broad SMARTS) is 1. The van der Waals surface area contributed by atoms with Crippen LogP contribution in [-0.2, 0) is 4.79 Å². The molecule has 6 heteroatoms. The van der Waals surface area contributed by atoms with Gasteiger partial charge in [-0.25, -0.2) is 9.59 Å². The van der Waals surface area contributed by atoms with Gasteiger partial charge in [-0.2, -0.15) is 0 Å². The fourth-order valence-electron chi connectivity index (χ4n) is 3.21. The number of nitrogens with zero attached hydrogens (tertiary/aromatic N) is 2. The zero-order valence-electron chi connectivity index (χ0n) is 12.4. The van der Waals surface area contributed by atoms with E-state index in [4.69, 9.17) is 0 Å². The van der Waals surface area contributed by atoms with Gasteiger partial charge in [0.1, 0.15) is 5.54 Å². The minimum atomic E-state index is -1.04. The molecule has 0 radical (unpaired) electrons. The van der Waals surface area contributed by atoms with Crippen molar-refractivity contribution in [2.45, 2.75) is 50.1 Å². The number of carboxylic acids is 1. The molecule has 0 aromatic heterocycles. The number of amides is 2. The summed E-state index contributed by atoms with van der Waals surface area (Å²) in [5.74, 6) is -0.903. The molecule has 0 atom stereocenters. The van der Waals surface area contributed by atoms with Crippen LogP contribution in [0.15, 0.2) is 0 Å². The standard InChI is InChI=1S/C14H25N3O3/c1-16-9-5-11(6-10-16)17(2)13(20)15-14(12(18)19)7-3-4-8-14/h11H,3-10H2,1-2H3,(H,15,20)(H,18,19). The highest BCUT2D eigenvalue weighted by Crippen LogP contribution is 2.30. The predicted molar refractivity (Wildman–Crippen MR) is 75.6 cm³/mol. The number of piperidine rings is 1. The first kappa shape index (κ1) is 15.1. The van der Waals surface area contributed by atoms with Crippen molar-refractivity contribution >= 4 is 12.0 Å². The number of carbonyl (C=O) groups is 2. The first-order chi connectivity index (χ1) is 9.44. The number of nitrogens with one attached hydrogen (secondary N) is 1. The summed E-state index contributed by atoms with van der Waals surface area (Å²) in [7, 11) is 3.85. The largest absolute Gasteiger partial charge is 0.480 e. The molecule has 0 bridgehead atoms. The highest BCUT2D eigenvalue weighted by molar-refractivity contribution is 5.86. The van der Waals surface area contributed by atoms with Crippen molar-refractivity contribution in [3.63, 3.8) is 0 Å². The van der Waals surface area contributed by atoms with Gasteiger partial charge in [-0.1, -0.05) is 12.8 Å². The third kappa shape index (κ3) is 3.06. The van der Waals surface area contributed by atoms with Crippen molar-refractivity contribution in [1.82, 2.24) is 15.1 Å². The highest BCUT2D eigenvalue weighted by Gasteiger charge is 2.43. The second-order valence-electron chi connectivity index (χ2n) is 6.17. The van der Waals surface area contributed by atoms with Crippen LogP contribution in [0, 0.1) is 0 Å². The Labute approximate surface area is 120 Å². The summed E-state index contributed by atoms with van der Waals surface area (Å²) in [4.78, 5) is 27.7. The van der Waals surface area contributed by atoms with E-state index in [0.29, 0.717) is 12.8 Å². The number of hydrogen-bond acceptors (Lipinski definition) is 3. The monoisotopic (exact) mass is 283 g/mol. The average molecular weight is 283 g/mol. The molecule has 1 aliphatic carbocycles. The van der Waals surface area contributed by atoms with Crippen molar-refractivity contribution in [2.24, 2.45) is 0 Å². The summed E-state index contributed by atoms with van der Waals surface area (Å²) in [5.41, 5.74) is -1.04. The van der Waals surface area contributed by atoms with Crippen LogP contribution in [0.5, 0.6) is 0 Å². The van der Waals surface area contributed by atoms with Gasteiger partial charge >= 0.3 is 12.0 Å². The minimum Gasteiger partial charge on any atom is -0.480 e. The molecule has 2 aliphatic rings. The lowest BCUT2D eigenvalue weighted by Gasteiger charge is -2.37. The Morgan fingerprint density at radius 3 is 2.30 bits per heavy atom. The first-order valence-electron chi connectivity index (χ1n) is 7.41. The van der Waals surface area contributed by atoms with E-state index < -0.39 is 11.5 Å². The zero-order valence-corrected chi connectivity index (χ0v) is 12.4. The van der Waals surface area contributed by atoms with Crippen LogP contribution >= 0.6 is 0 Å². The molecule has 2 amide bonds. The summed E-state index contributed by atoms with van der Waals surface area (Å²) in [5, 5.41) is 12.2. The first-order valence-corrected chi connectivity index (χ1v) is 7.41. The van der Waals surface area contributed by atoms with Crippen LogP contribution in [0.3, 0.4) is 0 Å². The van der Waals surface area contributed by atoms with E-state index in [1.807, 2.05) is 0 Å². The van der Waals surface area contributed by atoms with Gasteiger partial charge in [0.25, 0.3) is 0 Å². The van der Waals surface area contributed by atoms with E-state index in [9.17, 15) is 14.7 Å². The van der Waals surface area contributed by atoms with E-state index in [2.05, 4.69) is 17.3 Å². The molecule has 0 spiro atoms. The van der Waals surface area contributed by atoms with Crippen LogP contribution in [0.2, 0.25) is 0 Å². The molecule has 1 saturated heterocycles. The lowest BCUT2D eigenvalue weighted by atomic mass is 9.98. The molecule has 1 heterocycles. The lowest BCUT2D eigenvalue weighted by Crippen LogP contribution is -2.58. The van der Waals surface area contributed by atoms with Crippen molar-refractivity contribution in [3.8, 4) is 0 Å². The molecule has 0 aromatic rings. The molecular formula is C14H25N3O3. The van der Waals surface area contributed by atoms with Gasteiger partial charge in [0.2, 0.25) is 0 Å². The SMILES string of the molecule is CN1CCC(N(C)C(=O)NC2(C(=O)O)CCCC2)CC1. The van der Waals surface area contributed by atoms with E-state index in [1.54, 1.807) is 11.9 Å². The van der Waals surface area contributed by atoms with Crippen molar-refractivity contribution in [2.75, 3.05) is 27.2 Å². The lowest BCUT2D eigenvalue weighted by molar-refractivity contribution is -0.144. The average Bonchev–Trinajstić information content (AvgIpc) is 2.88. The van der Waals surface area contributed by atoms with Crippen molar-refractivity contribution in [3.05, 3.63) is 0 Å². The smallest absolute Gasteiger partial charge is 0.329 e. The molecule has 2 fully saturated rings. The summed E-state index contributed by atoms with van der Waals surface area (Å²) in [6.07, 6.45) is 4.70. The van der Waals surface area contributed by atoms with Gasteiger partial charge < -0.3 is 20.2 Å². The van der Waals surface area contributed by atoms with E-state index >= 15 is 0 Å². The predicted octanol–water partition coefficient (Wildman–Crippen LogP) is 1.12. The zero-order chi connectivity index (χ0) is 14.8. The third-order valence-corrected chi connectivity index (χ3v) is 4.77. The molecule has 0 unspecified atom stereocenters. The fourth-order valence-corrected chi connectivity index (χ4v) is 3.21. The quantitative estimate of drug-likeness (QED) is 0.814. The van der Waals surface area contributed by atoms with Crippen LogP contribution in [0.1, 0.15) is 38.5 Å². The van der Waals surface area contributed by atoms with E-state index in [-0.39, 0.29) is 12.1 Å². The third-order valence-electron chi connectivity index (χ3n) is 4.77. The van der Waals surface area contributed by atoms with Gasteiger partial charge in [-0.3, -0.25) is 0 Å². The summed E-state index contributed by atoms with van der Waals surface area (Å²) < 4.78 is 0. The number of urea groups is 1. The topological polar surface area (TPSA) is 72.9 Å². The molecule has 0 aromatic carbocycles. The molecule has 20 heavy (non-hydrogen) atoms. The molecule has 6 nitrogen and oxygen atoms in total. The van der Waals surface area contributed by atoms with Crippen LogP contribution in [0.25, 0.3) is 0 Å². The van der Waals surface area contributed by atoms with Gasteiger partial charge in [0.15, 0.2) is 0 Å². The van der Waals surface area contributed by atoms with Gasteiger partial charge in [0.05, 0.1) is 0 Å². The fraction of sp³-hybridized carbons (Fsp3) is 0.857. The Bertz CT molecular complexity index is 372. The minimum absolute atomic E-state index is 0.207. The highest BCUT2D eigenvalue weighted by atomic mass is 16.4. The Morgan fingerprint density at radius 1 is 1.25 bits per heavy atom. The van der Waals surface area contributed by atoms with Crippen molar-refractivity contribution < 1.29 is 14.7 Å². The Kier molecular flexibility index (Phi) is 4.52. The summed E-state index contributed by atoms with van der Waals surface area (Å²) >= 11 is 0. The number of likely N-dealkylation sites (tertiary alicyclic amines) is 1. The van der Waals surface area contributed by atoms with Crippen LogP contribution in [0.4, 0.5) is 4.79 Å². The Hall–Kier alpha value is -1.30. The van der Waals surface area contributed by atoms with Crippen LogP contribution in [-0.4, -0.2) is 65.7 Å². The maximum absolute atomic E-state index is 12.3. The van der Waals surface area contributed by atoms with E-state index in [1.165, 1.54) is 0 Å². The van der Waals surface area contributed by atoms with Crippen molar-refractivity contribution in [1.29, 1.82) is 0 Å². The molecular weight excluding hydrogens is 258 g/mol. The number of rotatable bonds is 3. The Balaban J connectivity index is 1.95. The van der Waals surface area contributed by atoms with Gasteiger partial charge in [0, 0.05) is 13.1 Å². The molecule has 1 aliphatic heterocycles. The summed E-state index contributed by atoms with van der Waals surface area (Å²) in [6, 6.07) is -0.0395. The molecule has 2 N–H and O–H groups in total. The van der Waals surface area contributed by atoms with E-state index in [0.717, 1.165) is 38.8 Å². The molecule has 2 rings (SSSR count). The number of carbonyl (C=O) groups excluding carboxylic acids is 1. The van der Waals surface area contributed by atoms with Crippen LogP contribution < -0.4 is 5.32 Å². The normalized spacial score (nSPS) is 23.5. The second-order valence-corrected chi connectivity index (χ2v) is 6.17. The van der Waals surface area contributed by atoms with Gasteiger partial charge in [-0.15, -0.1) is 0 Å². The second kappa shape index (κ2) is 5.99. The number of hydrogen-bond donors (Lipinski definition) is 2. The summed E-state index contributed by atoms with van der Waals surface area (Å²) in [6.45, 7) is 1.96. The number of aliphatic carboxylic acids is 1. The maximum Gasteiger partial charge on any atom is 0.329 e. The Morgan fingerprint density at radius 2 is 1.80 bits per heavy atom. The maximum atomic E-state index is 12.3. The molecule has 1 saturated carbocycles. The molecule has 114 valence electrons.